The molecule has 0 N–H and O–H groups in total. The normalized spacial score (nSPS) is 10.0. The van der Waals surface area contributed by atoms with E-state index in [9.17, 15) is 0 Å². The summed E-state index contributed by atoms with van der Waals surface area (Å²) >= 11 is 0. The summed E-state index contributed by atoms with van der Waals surface area (Å²) < 4.78 is 61.7. The molecule has 0 aliphatic rings. The molecule has 0 aromatic heterocycles. The molecule has 0 unspecified atom stereocenters. The summed E-state index contributed by atoms with van der Waals surface area (Å²) in [6, 6.07) is 0. The first-order chi connectivity index (χ1) is 19.4. The maximum Gasteiger partial charge on any atom is 2.00 e. The molecule has 0 radical (unpaired) electrons. The van der Waals surface area contributed by atoms with Crippen molar-refractivity contribution in [1.29, 1.82) is 0 Å². The van der Waals surface area contributed by atoms with Gasteiger partial charge in [0.05, 0.1) is 79.3 Å². The summed E-state index contributed by atoms with van der Waals surface area (Å²) in [4.78, 5) is 0. The van der Waals surface area contributed by atoms with Crippen molar-refractivity contribution in [2.45, 2.75) is 83.1 Å². The molecule has 0 spiro atoms. The van der Waals surface area contributed by atoms with Crippen LogP contribution in [0.1, 0.15) is 83.1 Å². The van der Waals surface area contributed by atoms with Gasteiger partial charge in [-0.3, -0.25) is 0 Å². The average Bonchev–Trinajstić information content (AvgIpc) is 2.92. The Bertz CT molecular complexity index is 313. The quantitative estimate of drug-likeness (QED) is 0.105. The van der Waals surface area contributed by atoms with Crippen molar-refractivity contribution in [2.75, 3.05) is 79.3 Å². The van der Waals surface area contributed by atoms with Crippen molar-refractivity contribution in [3.63, 3.8) is 0 Å². The molecule has 0 saturated carbocycles. The molecule has 0 fully saturated rings. The Morgan fingerprint density at radius 1 is 0.233 bits per heavy atom. The third-order valence-electron chi connectivity index (χ3n) is 2.81. The van der Waals surface area contributed by atoms with Gasteiger partial charge in [-0.1, -0.05) is 0 Å². The van der Waals surface area contributed by atoms with Gasteiger partial charge in [0.15, 0.2) is 0 Å². The van der Waals surface area contributed by atoms with E-state index >= 15 is 0 Å². The van der Waals surface area contributed by atoms with Crippen LogP contribution in [0.5, 0.6) is 0 Å². The van der Waals surface area contributed by atoms with E-state index in [-0.39, 0.29) is 50.5 Å². The topological polar surface area (TPSA) is 111 Å². The van der Waals surface area contributed by atoms with E-state index in [4.69, 9.17) is 54.3 Å². The Balaban J connectivity index is -0.0000000785. The smallest absolute Gasteiger partial charge is 1.00 e. The van der Waals surface area contributed by atoms with E-state index in [2.05, 4.69) is 0 Å². The second-order valence-corrected chi connectivity index (χ2v) is 10.8. The summed E-state index contributed by atoms with van der Waals surface area (Å²) in [5.41, 5.74) is 0. The minimum absolute atomic E-state index is 0. The third-order valence-corrected chi connectivity index (χ3v) is 8.44. The van der Waals surface area contributed by atoms with E-state index in [1.54, 1.807) is 0 Å². The van der Waals surface area contributed by atoms with Crippen LogP contribution in [0, 0.1) is 0 Å². The van der Waals surface area contributed by atoms with Gasteiger partial charge in [0.1, 0.15) is 0 Å². The standard InChI is InChI=1S/4C6H15O3P.2BrH.Ni/c4*1-4-7-10(8-5-2)9-6-3;;;/h4*4-6H2,1-3H3;2*1H;/q;;;;;;+2/p-2. The number of hydrogen-bond donors (Lipinski definition) is 0. The van der Waals surface area contributed by atoms with Crippen LogP contribution in [-0.2, 0) is 70.8 Å². The second-order valence-electron chi connectivity index (χ2n) is 5.91. The molecule has 0 atom stereocenters. The first-order valence-corrected chi connectivity index (χ1v) is 18.5. The molecular formula is C24H60Br2NiO12P4. The molecule has 0 aromatic carbocycles. The van der Waals surface area contributed by atoms with Gasteiger partial charge in [0, 0.05) is 0 Å². The zero-order valence-electron chi connectivity index (χ0n) is 28.2. The Labute approximate surface area is 300 Å². The van der Waals surface area contributed by atoms with Crippen molar-refractivity contribution in [3.8, 4) is 0 Å². The molecule has 0 amide bonds. The van der Waals surface area contributed by atoms with Gasteiger partial charge in [0.25, 0.3) is 0 Å². The van der Waals surface area contributed by atoms with Gasteiger partial charge in [-0.2, -0.15) is 0 Å². The van der Waals surface area contributed by atoms with Crippen molar-refractivity contribution >= 4 is 34.4 Å². The maximum atomic E-state index is 5.14. The van der Waals surface area contributed by atoms with Gasteiger partial charge in [-0.15, -0.1) is 0 Å². The van der Waals surface area contributed by atoms with Crippen LogP contribution in [-0.4, -0.2) is 79.3 Å². The van der Waals surface area contributed by atoms with Gasteiger partial charge in [0.2, 0.25) is 0 Å². The van der Waals surface area contributed by atoms with Crippen LogP contribution in [0.2, 0.25) is 0 Å². The molecule has 0 bridgehead atoms. The van der Waals surface area contributed by atoms with E-state index in [0.717, 1.165) is 0 Å². The molecule has 43 heavy (non-hydrogen) atoms. The van der Waals surface area contributed by atoms with Crippen molar-refractivity contribution in [1.82, 2.24) is 0 Å². The Morgan fingerprint density at radius 2 is 0.302 bits per heavy atom. The zero-order chi connectivity index (χ0) is 31.3. The fourth-order valence-electron chi connectivity index (χ4n) is 1.71. The summed E-state index contributed by atoms with van der Waals surface area (Å²) in [5.74, 6) is 0. The van der Waals surface area contributed by atoms with Gasteiger partial charge >= 0.3 is 50.9 Å². The van der Waals surface area contributed by atoms with Crippen molar-refractivity contribution in [3.05, 3.63) is 0 Å². The predicted octanol–water partition coefficient (Wildman–Crippen LogP) is 3.30. The predicted molar refractivity (Wildman–Crippen MR) is 167 cm³/mol. The largest absolute Gasteiger partial charge is 2.00 e. The Kier molecular flexibility index (Phi) is 80.8. The Hall–Kier alpha value is 2.69. The zero-order valence-corrected chi connectivity index (χ0v) is 36.0. The average molecular weight is 883 g/mol. The van der Waals surface area contributed by atoms with Crippen molar-refractivity contribution < 1.29 is 105 Å². The van der Waals surface area contributed by atoms with E-state index < -0.39 is 34.4 Å². The summed E-state index contributed by atoms with van der Waals surface area (Å²) in [6.07, 6.45) is 0. The summed E-state index contributed by atoms with van der Waals surface area (Å²) in [5, 5.41) is 0. The molecular weight excluding hydrogens is 823 g/mol. The minimum Gasteiger partial charge on any atom is -1.00 e. The van der Waals surface area contributed by atoms with Crippen LogP contribution >= 0.6 is 34.4 Å². The Morgan fingerprint density at radius 3 is 0.349 bits per heavy atom. The maximum absolute atomic E-state index is 5.14. The molecule has 19 heteroatoms. The first kappa shape index (κ1) is 61.0. The van der Waals surface area contributed by atoms with E-state index in [1.165, 1.54) is 0 Å². The van der Waals surface area contributed by atoms with Crippen LogP contribution in [0.15, 0.2) is 0 Å². The van der Waals surface area contributed by atoms with Crippen LogP contribution in [0.25, 0.3) is 0 Å². The van der Waals surface area contributed by atoms with Crippen LogP contribution in [0.4, 0.5) is 0 Å². The number of halogens is 2. The summed E-state index contributed by atoms with van der Waals surface area (Å²) in [7, 11) is -4.24. The number of hydrogen-bond acceptors (Lipinski definition) is 12. The van der Waals surface area contributed by atoms with Crippen LogP contribution in [0.3, 0.4) is 0 Å². The molecule has 0 aliphatic carbocycles. The molecule has 0 aliphatic heterocycles. The van der Waals surface area contributed by atoms with Crippen LogP contribution < -0.4 is 34.0 Å². The fraction of sp³-hybridized carbons (Fsp3) is 1.00. The molecule has 0 saturated heterocycles. The molecule has 12 nitrogen and oxygen atoms in total. The number of rotatable bonds is 24. The molecule has 0 rings (SSSR count). The third kappa shape index (κ3) is 54.4. The first-order valence-electron chi connectivity index (χ1n) is 14.1. The van der Waals surface area contributed by atoms with Gasteiger partial charge < -0.3 is 88.2 Å². The van der Waals surface area contributed by atoms with Crippen molar-refractivity contribution in [2.24, 2.45) is 0 Å². The van der Waals surface area contributed by atoms with E-state index in [1.807, 2.05) is 83.1 Å². The summed E-state index contributed by atoms with van der Waals surface area (Å²) in [6.45, 7) is 30.8. The molecule has 0 heterocycles. The fourth-order valence-corrected chi connectivity index (χ4v) is 5.14. The monoisotopic (exact) mass is 880 g/mol. The van der Waals surface area contributed by atoms with Gasteiger partial charge in [-0.25, -0.2) is 0 Å². The SMILES string of the molecule is CCOP(OCC)OCC.CCOP(OCC)OCC.CCOP(OCC)OCC.CCOP(OCC)OCC.[Br-].[Br-].[Ni+2]. The second kappa shape index (κ2) is 57.0. The minimum atomic E-state index is -1.06. The van der Waals surface area contributed by atoms with Gasteiger partial charge in [-0.05, 0) is 83.1 Å². The molecule has 0 aromatic rings. The van der Waals surface area contributed by atoms with E-state index in [0.29, 0.717) is 79.3 Å². The molecule has 272 valence electrons.